The first-order chi connectivity index (χ1) is 16.6. The maximum atomic E-state index is 12.8. The van der Waals surface area contributed by atoms with Crippen molar-refractivity contribution in [3.8, 4) is 17.1 Å². The van der Waals surface area contributed by atoms with E-state index in [1.807, 2.05) is 37.2 Å². The highest BCUT2D eigenvalue weighted by molar-refractivity contribution is 5.83. The summed E-state index contributed by atoms with van der Waals surface area (Å²) in [7, 11) is 4.02. The van der Waals surface area contributed by atoms with E-state index in [1.54, 1.807) is 12.4 Å². The first kappa shape index (κ1) is 22.5. The number of rotatable bonds is 6. The Kier molecular flexibility index (Phi) is 6.55. The highest BCUT2D eigenvalue weighted by Crippen LogP contribution is 2.28. The van der Waals surface area contributed by atoms with Gasteiger partial charge >= 0.3 is 0 Å². The van der Waals surface area contributed by atoms with Crippen molar-refractivity contribution in [1.82, 2.24) is 19.9 Å². The van der Waals surface area contributed by atoms with Gasteiger partial charge in [0, 0.05) is 50.9 Å². The fourth-order valence-corrected chi connectivity index (χ4v) is 4.30. The Morgan fingerprint density at radius 3 is 2.76 bits per heavy atom. The maximum absolute atomic E-state index is 12.8. The molecular weight excluding hydrogens is 434 g/mol. The van der Waals surface area contributed by atoms with Crippen LogP contribution in [0.25, 0.3) is 22.3 Å². The third-order valence-electron chi connectivity index (χ3n) is 6.24. The molecule has 1 amide bonds. The van der Waals surface area contributed by atoms with Gasteiger partial charge < -0.3 is 24.0 Å². The van der Waals surface area contributed by atoms with Gasteiger partial charge in [-0.25, -0.2) is 9.97 Å². The van der Waals surface area contributed by atoms with E-state index in [2.05, 4.69) is 27.0 Å². The van der Waals surface area contributed by atoms with Crippen LogP contribution in [0.3, 0.4) is 0 Å². The molecular formula is C25H29N5O4. The molecule has 2 aliphatic heterocycles. The number of pyridine rings is 1. The maximum Gasteiger partial charge on any atom is 0.242 e. The Hall–Kier alpha value is -3.30. The van der Waals surface area contributed by atoms with Gasteiger partial charge in [0.25, 0.3) is 0 Å². The number of fused-ring (bicyclic) bond motifs is 1. The van der Waals surface area contributed by atoms with E-state index in [0.29, 0.717) is 49.8 Å². The lowest BCUT2D eigenvalue weighted by Crippen LogP contribution is -2.49. The molecule has 1 aromatic carbocycles. The molecule has 0 unspecified atom stereocenters. The topological polar surface area (TPSA) is 89.9 Å². The zero-order valence-corrected chi connectivity index (χ0v) is 19.5. The Morgan fingerprint density at radius 1 is 1.18 bits per heavy atom. The van der Waals surface area contributed by atoms with Crippen LogP contribution in [0.4, 0.5) is 5.69 Å². The summed E-state index contributed by atoms with van der Waals surface area (Å²) in [6, 6.07) is 10.1. The van der Waals surface area contributed by atoms with Gasteiger partial charge in [0.05, 0.1) is 36.9 Å². The quantitative estimate of drug-likeness (QED) is 0.551. The van der Waals surface area contributed by atoms with Gasteiger partial charge in [-0.2, -0.15) is 0 Å². The van der Waals surface area contributed by atoms with Gasteiger partial charge in [-0.05, 0) is 24.6 Å². The second kappa shape index (κ2) is 9.90. The summed E-state index contributed by atoms with van der Waals surface area (Å²) in [5, 5.41) is 0. The van der Waals surface area contributed by atoms with Crippen molar-refractivity contribution in [2.75, 3.05) is 58.5 Å². The zero-order chi connectivity index (χ0) is 23.5. The van der Waals surface area contributed by atoms with Crippen LogP contribution >= 0.6 is 0 Å². The van der Waals surface area contributed by atoms with Crippen LogP contribution in [0.5, 0.6) is 5.88 Å². The lowest BCUT2D eigenvalue weighted by atomic mass is 10.1. The van der Waals surface area contributed by atoms with Gasteiger partial charge in [0.1, 0.15) is 12.7 Å². The number of amides is 1. The Balaban J connectivity index is 1.33. The summed E-state index contributed by atoms with van der Waals surface area (Å²) in [5.41, 5.74) is 4.15. The number of morpholine rings is 1. The van der Waals surface area contributed by atoms with Crippen LogP contribution in [-0.2, 0) is 14.3 Å². The summed E-state index contributed by atoms with van der Waals surface area (Å²) in [5.74, 6) is 0.507. The largest absolute Gasteiger partial charge is 0.473 e. The molecule has 0 saturated carbocycles. The van der Waals surface area contributed by atoms with Crippen molar-refractivity contribution in [1.29, 1.82) is 0 Å². The number of benzene rings is 1. The predicted molar refractivity (Wildman–Crippen MR) is 128 cm³/mol. The molecule has 0 N–H and O–H groups in total. The average molecular weight is 464 g/mol. The fraction of sp³-hybridized carbons (Fsp3) is 0.440. The number of aromatic nitrogens is 3. The van der Waals surface area contributed by atoms with Crippen molar-refractivity contribution < 1.29 is 19.0 Å². The minimum Gasteiger partial charge on any atom is -0.473 e. The van der Waals surface area contributed by atoms with E-state index in [9.17, 15) is 4.79 Å². The van der Waals surface area contributed by atoms with Crippen molar-refractivity contribution in [2.45, 2.75) is 12.5 Å². The van der Waals surface area contributed by atoms with Gasteiger partial charge in [0.15, 0.2) is 5.52 Å². The fourth-order valence-electron chi connectivity index (χ4n) is 4.30. The first-order valence-corrected chi connectivity index (χ1v) is 11.6. The number of hydrogen-bond acceptors (Lipinski definition) is 8. The molecule has 34 heavy (non-hydrogen) atoms. The zero-order valence-electron chi connectivity index (χ0n) is 19.5. The molecule has 4 heterocycles. The summed E-state index contributed by atoms with van der Waals surface area (Å²) in [6.45, 7) is 3.00. The highest BCUT2D eigenvalue weighted by atomic mass is 16.5. The minimum atomic E-state index is -0.239. The summed E-state index contributed by atoms with van der Waals surface area (Å²) < 4.78 is 17.4. The minimum absolute atomic E-state index is 0.0453. The molecule has 2 saturated heterocycles. The Bertz CT molecular complexity index is 1150. The molecule has 5 rings (SSSR count). The van der Waals surface area contributed by atoms with E-state index >= 15 is 0 Å². The molecule has 0 radical (unpaired) electrons. The molecule has 178 valence electrons. The number of ether oxygens (including phenoxy) is 3. The second-order valence-corrected chi connectivity index (χ2v) is 8.83. The number of hydrogen-bond donors (Lipinski definition) is 0. The predicted octanol–water partition coefficient (Wildman–Crippen LogP) is 2.40. The van der Waals surface area contributed by atoms with Crippen LogP contribution < -0.4 is 9.64 Å². The van der Waals surface area contributed by atoms with Crippen molar-refractivity contribution in [3.63, 3.8) is 0 Å². The molecule has 2 fully saturated rings. The normalized spacial score (nSPS) is 20.5. The molecule has 2 atom stereocenters. The third kappa shape index (κ3) is 4.80. The Labute approximate surface area is 198 Å². The van der Waals surface area contributed by atoms with Crippen molar-refractivity contribution >= 4 is 22.6 Å². The third-order valence-corrected chi connectivity index (χ3v) is 6.24. The van der Waals surface area contributed by atoms with Crippen molar-refractivity contribution in [2.24, 2.45) is 5.92 Å². The summed E-state index contributed by atoms with van der Waals surface area (Å²) in [6.07, 6.45) is 3.83. The molecule has 2 aromatic heterocycles. The van der Waals surface area contributed by atoms with Crippen LogP contribution in [0.1, 0.15) is 6.42 Å². The molecule has 0 aliphatic carbocycles. The number of anilines is 1. The van der Waals surface area contributed by atoms with Crippen LogP contribution in [0.15, 0.2) is 42.7 Å². The number of carbonyl (C=O) groups excluding carboxylic acids is 1. The van der Waals surface area contributed by atoms with Gasteiger partial charge in [-0.15, -0.1) is 0 Å². The monoisotopic (exact) mass is 463 g/mol. The first-order valence-electron chi connectivity index (χ1n) is 11.6. The van der Waals surface area contributed by atoms with E-state index < -0.39 is 0 Å². The summed E-state index contributed by atoms with van der Waals surface area (Å²) in [4.78, 5) is 30.3. The van der Waals surface area contributed by atoms with Crippen LogP contribution in [0.2, 0.25) is 0 Å². The van der Waals surface area contributed by atoms with E-state index in [4.69, 9.17) is 19.2 Å². The number of nitrogens with zero attached hydrogens (tertiary/aromatic N) is 5. The standard InChI is InChI=1S/C25H29N5O4/c1-29(2)19-5-3-17(4-6-19)21-13-22-23(27-9-8-26-22)24(28-21)34-16-20-14-30(10-12-33-20)25(31)18-7-11-32-15-18/h3-6,8-9,13,18,20H,7,10-12,14-16H2,1-2H3/t18-,20-/m0/s1. The van der Waals surface area contributed by atoms with Gasteiger partial charge in [-0.1, -0.05) is 12.1 Å². The van der Waals surface area contributed by atoms with Crippen LogP contribution in [0, 0.1) is 5.92 Å². The average Bonchev–Trinajstić information content (AvgIpc) is 3.42. The van der Waals surface area contributed by atoms with Crippen LogP contribution in [-0.4, -0.2) is 85.5 Å². The van der Waals surface area contributed by atoms with E-state index in [0.717, 1.165) is 23.4 Å². The lowest BCUT2D eigenvalue weighted by molar-refractivity contribution is -0.144. The Morgan fingerprint density at radius 2 is 2.00 bits per heavy atom. The van der Waals surface area contributed by atoms with Crippen molar-refractivity contribution in [3.05, 3.63) is 42.7 Å². The molecule has 9 heteroatoms. The smallest absolute Gasteiger partial charge is 0.242 e. The molecule has 0 bridgehead atoms. The molecule has 0 spiro atoms. The van der Waals surface area contributed by atoms with Gasteiger partial charge in [0.2, 0.25) is 11.8 Å². The second-order valence-electron chi connectivity index (χ2n) is 8.83. The molecule has 2 aliphatic rings. The van der Waals surface area contributed by atoms with E-state index in [-0.39, 0.29) is 24.5 Å². The van der Waals surface area contributed by atoms with Gasteiger partial charge in [-0.3, -0.25) is 9.78 Å². The summed E-state index contributed by atoms with van der Waals surface area (Å²) >= 11 is 0. The molecule has 9 nitrogen and oxygen atoms in total. The van der Waals surface area contributed by atoms with E-state index in [1.165, 1.54) is 0 Å². The lowest BCUT2D eigenvalue weighted by Gasteiger charge is -2.34. The SMILES string of the molecule is CN(C)c1ccc(-c2cc3nccnc3c(OC[C@@H]3CN(C(=O)[C@H]4CCOC4)CCO3)n2)cc1. The molecule has 3 aromatic rings. The number of carbonyl (C=O) groups is 1. The highest BCUT2D eigenvalue weighted by Gasteiger charge is 2.32.